The molecule has 3 heteroatoms. The summed E-state index contributed by atoms with van der Waals surface area (Å²) in [5, 5.41) is 19.1. The van der Waals surface area contributed by atoms with Crippen LogP contribution >= 0.6 is 15.9 Å². The molecular weight excluding hydrogens is 242 g/mol. The van der Waals surface area contributed by atoms with E-state index < -0.39 is 0 Å². The summed E-state index contributed by atoms with van der Waals surface area (Å²) >= 11 is 3.67. The maximum Gasteiger partial charge on any atom is 0.0749 e. The Kier molecular flexibility index (Phi) is 2.04. The second kappa shape index (κ2) is 2.74. The van der Waals surface area contributed by atoms with E-state index in [9.17, 15) is 5.11 Å². The molecule has 2 aliphatic rings. The lowest BCUT2D eigenvalue weighted by Crippen LogP contribution is -2.46. The lowest BCUT2D eigenvalue weighted by atomic mass is 9.62. The molecule has 1 N–H and O–H groups in total. The molecule has 0 spiro atoms. The number of nitrogens with zero attached hydrogens (tertiary/aromatic N) is 1. The van der Waals surface area contributed by atoms with Gasteiger partial charge in [0.2, 0.25) is 0 Å². The number of hydrogen-bond acceptors (Lipinski definition) is 2. The zero-order chi connectivity index (χ0) is 10.6. The van der Waals surface area contributed by atoms with Gasteiger partial charge in [-0.1, -0.05) is 29.8 Å². The first-order chi connectivity index (χ1) is 6.38. The average molecular weight is 258 g/mol. The van der Waals surface area contributed by atoms with Crippen LogP contribution in [0.3, 0.4) is 0 Å². The van der Waals surface area contributed by atoms with Gasteiger partial charge >= 0.3 is 0 Å². The van der Waals surface area contributed by atoms with Gasteiger partial charge in [0.05, 0.1) is 16.5 Å². The fourth-order valence-electron chi connectivity index (χ4n) is 3.44. The molecule has 0 radical (unpaired) electrons. The molecule has 2 rings (SSSR count). The third-order valence-corrected chi connectivity index (χ3v) is 5.72. The Balaban J connectivity index is 2.42. The van der Waals surface area contributed by atoms with Gasteiger partial charge in [-0.2, -0.15) is 5.26 Å². The van der Waals surface area contributed by atoms with E-state index in [0.29, 0.717) is 6.42 Å². The summed E-state index contributed by atoms with van der Waals surface area (Å²) in [5.74, 6) is 0. The molecule has 0 aromatic heterocycles. The lowest BCUT2D eigenvalue weighted by Gasteiger charge is -2.44. The minimum absolute atomic E-state index is 0.0324. The molecule has 2 aliphatic carbocycles. The van der Waals surface area contributed by atoms with Crippen molar-refractivity contribution < 1.29 is 5.11 Å². The Labute approximate surface area is 93.4 Å². The topological polar surface area (TPSA) is 44.0 Å². The minimum atomic E-state index is -0.322. The molecule has 2 nitrogen and oxygen atoms in total. The zero-order valence-electron chi connectivity index (χ0n) is 8.68. The molecule has 0 heterocycles. The molecule has 3 atom stereocenters. The van der Waals surface area contributed by atoms with Crippen LogP contribution in [-0.2, 0) is 0 Å². The molecule has 0 amide bonds. The molecular formula is C11H16BrNO. The van der Waals surface area contributed by atoms with Crippen molar-refractivity contribution in [2.75, 3.05) is 0 Å². The molecule has 2 fully saturated rings. The molecule has 0 unspecified atom stereocenters. The van der Waals surface area contributed by atoms with Gasteiger partial charge in [0, 0.05) is 6.42 Å². The van der Waals surface area contributed by atoms with Crippen molar-refractivity contribution in [3.05, 3.63) is 0 Å². The zero-order valence-corrected chi connectivity index (χ0v) is 10.3. The van der Waals surface area contributed by atoms with Gasteiger partial charge in [0.1, 0.15) is 0 Å². The van der Waals surface area contributed by atoms with Crippen LogP contribution in [0, 0.1) is 22.2 Å². The smallest absolute Gasteiger partial charge is 0.0749 e. The number of aliphatic hydroxyl groups is 1. The Morgan fingerprint density at radius 3 is 2.57 bits per heavy atom. The standard InChI is InChI=1S/C11H16BrNO/c1-9(2)8(14)11(12)4-3-10(9,7-11)5-6-13/h8,14H,3-5,7H2,1-2H3/t8-,10-,11-/m1/s1. The summed E-state index contributed by atoms with van der Waals surface area (Å²) in [7, 11) is 0. The summed E-state index contributed by atoms with van der Waals surface area (Å²) in [5.41, 5.74) is -0.102. The molecule has 2 bridgehead atoms. The van der Waals surface area contributed by atoms with Crippen molar-refractivity contribution in [2.45, 2.75) is 50.0 Å². The third-order valence-electron chi connectivity index (χ3n) is 4.61. The van der Waals surface area contributed by atoms with E-state index in [0.717, 1.165) is 19.3 Å². The highest BCUT2D eigenvalue weighted by Gasteiger charge is 2.68. The predicted octanol–water partition coefficient (Wildman–Crippen LogP) is 2.60. The summed E-state index contributed by atoms with van der Waals surface area (Å²) in [6.07, 6.45) is 3.26. The molecule has 14 heavy (non-hydrogen) atoms. The second-order valence-electron chi connectivity index (χ2n) is 5.45. The van der Waals surface area contributed by atoms with Crippen LogP contribution in [0.25, 0.3) is 0 Å². The van der Waals surface area contributed by atoms with E-state index in [-0.39, 0.29) is 21.3 Å². The SMILES string of the molecule is CC1(C)[C@@H](O)[C@@]2(Br)CC[C@@]1(CC#N)C2. The van der Waals surface area contributed by atoms with Gasteiger partial charge in [-0.3, -0.25) is 0 Å². The van der Waals surface area contributed by atoms with E-state index in [1.54, 1.807) is 0 Å². The number of hydrogen-bond donors (Lipinski definition) is 1. The lowest BCUT2D eigenvalue weighted by molar-refractivity contribution is -0.0282. The summed E-state index contributed by atoms with van der Waals surface area (Å²) in [6.45, 7) is 4.19. The molecule has 2 saturated carbocycles. The van der Waals surface area contributed by atoms with Crippen molar-refractivity contribution in [1.82, 2.24) is 0 Å². The van der Waals surface area contributed by atoms with Crippen LogP contribution in [0.2, 0.25) is 0 Å². The van der Waals surface area contributed by atoms with Crippen LogP contribution in [0.5, 0.6) is 0 Å². The number of rotatable bonds is 1. The van der Waals surface area contributed by atoms with Crippen LogP contribution in [-0.4, -0.2) is 15.5 Å². The van der Waals surface area contributed by atoms with Gasteiger partial charge < -0.3 is 5.11 Å². The van der Waals surface area contributed by atoms with Gasteiger partial charge in [-0.05, 0) is 30.1 Å². The molecule has 0 aromatic rings. The molecule has 0 aliphatic heterocycles. The maximum absolute atomic E-state index is 10.2. The number of nitriles is 1. The number of halogens is 1. The van der Waals surface area contributed by atoms with Crippen LogP contribution in [0.15, 0.2) is 0 Å². The van der Waals surface area contributed by atoms with Gasteiger partial charge in [0.25, 0.3) is 0 Å². The Morgan fingerprint density at radius 2 is 2.14 bits per heavy atom. The van der Waals surface area contributed by atoms with Crippen LogP contribution < -0.4 is 0 Å². The van der Waals surface area contributed by atoms with E-state index in [4.69, 9.17) is 5.26 Å². The Bertz CT molecular complexity index is 309. The van der Waals surface area contributed by atoms with Crippen molar-refractivity contribution in [2.24, 2.45) is 10.8 Å². The predicted molar refractivity (Wildman–Crippen MR) is 58.0 cm³/mol. The van der Waals surface area contributed by atoms with Gasteiger partial charge in [-0.15, -0.1) is 0 Å². The first-order valence-corrected chi connectivity index (χ1v) is 5.91. The molecule has 78 valence electrons. The fourth-order valence-corrected chi connectivity index (χ4v) is 4.74. The van der Waals surface area contributed by atoms with Gasteiger partial charge in [0.15, 0.2) is 0 Å². The largest absolute Gasteiger partial charge is 0.391 e. The van der Waals surface area contributed by atoms with E-state index in [1.165, 1.54) is 0 Å². The van der Waals surface area contributed by atoms with Crippen molar-refractivity contribution >= 4 is 15.9 Å². The summed E-state index contributed by atoms with van der Waals surface area (Å²) in [6, 6.07) is 2.29. The highest BCUT2D eigenvalue weighted by Crippen LogP contribution is 2.69. The average Bonchev–Trinajstić information content (AvgIpc) is 2.50. The first-order valence-electron chi connectivity index (χ1n) is 5.12. The number of alkyl halides is 1. The minimum Gasteiger partial charge on any atom is -0.391 e. The Hall–Kier alpha value is -0.0700. The van der Waals surface area contributed by atoms with Crippen molar-refractivity contribution in [3.8, 4) is 6.07 Å². The monoisotopic (exact) mass is 257 g/mol. The Morgan fingerprint density at radius 1 is 1.50 bits per heavy atom. The molecule has 0 aromatic carbocycles. The van der Waals surface area contributed by atoms with Crippen molar-refractivity contribution in [1.29, 1.82) is 5.26 Å². The quantitative estimate of drug-likeness (QED) is 0.735. The molecule has 0 saturated heterocycles. The second-order valence-corrected chi connectivity index (χ2v) is 7.03. The van der Waals surface area contributed by atoms with E-state index >= 15 is 0 Å². The van der Waals surface area contributed by atoms with E-state index in [2.05, 4.69) is 35.8 Å². The van der Waals surface area contributed by atoms with E-state index in [1.807, 2.05) is 0 Å². The normalized spacial score (nSPS) is 49.2. The summed E-state index contributed by atoms with van der Waals surface area (Å²) in [4.78, 5) is 0. The summed E-state index contributed by atoms with van der Waals surface area (Å²) < 4.78 is -0.118. The number of fused-ring (bicyclic) bond motifs is 2. The maximum atomic E-state index is 10.2. The van der Waals surface area contributed by atoms with Crippen LogP contribution in [0.1, 0.15) is 39.5 Å². The fraction of sp³-hybridized carbons (Fsp3) is 0.909. The van der Waals surface area contributed by atoms with Crippen molar-refractivity contribution in [3.63, 3.8) is 0 Å². The third kappa shape index (κ3) is 0.991. The highest BCUT2D eigenvalue weighted by atomic mass is 79.9. The highest BCUT2D eigenvalue weighted by molar-refractivity contribution is 9.10. The number of aliphatic hydroxyl groups excluding tert-OH is 1. The first kappa shape index (κ1) is 10.4. The van der Waals surface area contributed by atoms with Crippen LogP contribution in [0.4, 0.5) is 0 Å². The van der Waals surface area contributed by atoms with Gasteiger partial charge in [-0.25, -0.2) is 0 Å².